The van der Waals surface area contributed by atoms with Crippen LogP contribution >= 0.6 is 72.3 Å². The maximum Gasteiger partial charge on any atom is 0.336 e. The summed E-state index contributed by atoms with van der Waals surface area (Å²) < 4.78 is 3.23. The monoisotopic (exact) mass is 1010 g/mol. The van der Waals surface area contributed by atoms with Gasteiger partial charge in [-0.2, -0.15) is 72.3 Å². The van der Waals surface area contributed by atoms with Crippen molar-refractivity contribution in [1.82, 2.24) is 28.4 Å². The normalized spacial score (nSPS) is 14.5. The fraction of sp³-hybridized carbons (Fsp3) is 0.889. The first-order valence-corrected chi connectivity index (χ1v) is 29.3. The molecule has 0 radical (unpaired) electrons. The van der Waals surface area contributed by atoms with Gasteiger partial charge in [-0.25, -0.2) is 42.6 Å². The van der Waals surface area contributed by atoms with E-state index in [0.717, 1.165) is 119 Å². The Balaban J connectivity index is 1.78. The Morgan fingerprint density at radius 2 is 1.00 bits per heavy atom. The molecule has 1 atom stereocenters. The molecule has 64 heavy (non-hydrogen) atoms. The van der Waals surface area contributed by atoms with E-state index in [1.54, 1.807) is 4.90 Å². The van der Waals surface area contributed by atoms with Crippen LogP contribution < -0.4 is 17.1 Å². The number of amides is 4. The molecule has 0 saturated carbocycles. The fourth-order valence-electron chi connectivity index (χ4n) is 7.95. The van der Waals surface area contributed by atoms with Crippen LogP contribution in [0.15, 0.2) is 14.4 Å². The third-order valence-corrected chi connectivity index (χ3v) is 17.6. The summed E-state index contributed by atoms with van der Waals surface area (Å²) in [4.78, 5) is 71.3. The van der Waals surface area contributed by atoms with E-state index in [2.05, 4.69) is 66.8 Å². The number of hydrogen-bond donors (Lipinski definition) is 4. The van der Waals surface area contributed by atoms with Crippen LogP contribution in [0.2, 0.25) is 0 Å². The Kier molecular flexibility index (Phi) is 30.4. The summed E-state index contributed by atoms with van der Waals surface area (Å²) >= 11 is 16.2. The van der Waals surface area contributed by atoms with Crippen molar-refractivity contribution in [2.24, 2.45) is 11.8 Å². The topological polar surface area (TPSA) is 150 Å². The van der Waals surface area contributed by atoms with Crippen molar-refractivity contribution >= 4 is 84.4 Å². The molecule has 372 valence electrons. The Morgan fingerprint density at radius 3 is 1.53 bits per heavy atom. The number of thiol groups is 2. The second-order valence-electron chi connectivity index (χ2n) is 18.2. The van der Waals surface area contributed by atoms with Gasteiger partial charge in [0.15, 0.2) is 0 Å². The Hall–Kier alpha value is -0.830. The maximum absolute atomic E-state index is 13.5. The van der Waals surface area contributed by atoms with E-state index in [1.807, 2.05) is 51.9 Å². The molecule has 1 saturated heterocycles. The van der Waals surface area contributed by atoms with E-state index >= 15 is 0 Å². The summed E-state index contributed by atoms with van der Waals surface area (Å²) in [5, 5.41) is 19.3. The molecule has 1 unspecified atom stereocenters. The predicted molar refractivity (Wildman–Crippen MR) is 283 cm³/mol. The first-order chi connectivity index (χ1) is 30.6. The van der Waals surface area contributed by atoms with Crippen LogP contribution in [0.25, 0.3) is 0 Å². The van der Waals surface area contributed by atoms with Gasteiger partial charge in [-0.05, 0) is 122 Å². The molecular weight excluding hydrogens is 929 g/mol. The summed E-state index contributed by atoms with van der Waals surface area (Å²) in [5.74, 6) is 8.30. The SMILES string of the molecule is CC(C)C(CN1CN(CCCSCCCCCSC(C)(C)CCCn2c(=O)n(CCO)c(=O)n(CCCSCCCCCS)c2=O)C(=O)N(CCO)C1=O)C(C)(C)SCCCCCS. The number of thioether (sulfide) groups is 4. The van der Waals surface area contributed by atoms with Crippen LogP contribution in [0.4, 0.5) is 9.59 Å². The molecule has 1 aliphatic rings. The van der Waals surface area contributed by atoms with Gasteiger partial charge in [0.1, 0.15) is 0 Å². The van der Waals surface area contributed by atoms with Crippen LogP contribution in [-0.2, 0) is 19.6 Å². The fourth-order valence-corrected chi connectivity index (χ4v) is 12.9. The second kappa shape index (κ2) is 32.8. The molecular formula is C45H84N6O7S6. The summed E-state index contributed by atoms with van der Waals surface area (Å²) in [6.45, 7) is 14.5. The average molecular weight is 1010 g/mol. The first-order valence-electron chi connectivity index (χ1n) is 23.7. The second-order valence-corrected chi connectivity index (χ2v) is 25.1. The number of urea groups is 2. The minimum Gasteiger partial charge on any atom is -0.395 e. The third kappa shape index (κ3) is 21.2. The molecule has 1 aliphatic heterocycles. The lowest BCUT2D eigenvalue weighted by Gasteiger charge is -2.45. The number of nitrogens with zero attached hydrogens (tertiary/aromatic N) is 6. The lowest BCUT2D eigenvalue weighted by atomic mass is 9.84. The molecule has 13 nitrogen and oxygen atoms in total. The van der Waals surface area contributed by atoms with Crippen LogP contribution in [0.3, 0.4) is 0 Å². The Bertz CT molecular complexity index is 1660. The minimum absolute atomic E-state index is 0.00416. The molecule has 0 spiro atoms. The zero-order valence-electron chi connectivity index (χ0n) is 40.0. The van der Waals surface area contributed by atoms with Gasteiger partial charge in [0.2, 0.25) is 0 Å². The van der Waals surface area contributed by atoms with Gasteiger partial charge < -0.3 is 20.0 Å². The number of aliphatic hydroxyl groups is 2. The van der Waals surface area contributed by atoms with Gasteiger partial charge in [-0.15, -0.1) is 0 Å². The Labute approximate surface area is 413 Å². The first kappa shape index (κ1) is 59.3. The number of aliphatic hydroxyl groups excluding tert-OH is 2. The highest BCUT2D eigenvalue weighted by Crippen LogP contribution is 2.39. The number of hydrogen-bond acceptors (Lipinski definition) is 13. The van der Waals surface area contributed by atoms with Crippen molar-refractivity contribution in [2.75, 3.05) is 85.5 Å². The molecule has 2 heterocycles. The standard InChI is InChI=1S/C45H84N6O7S6/c1-37(2)38(45(5,6)64-34-14-8-11-28-60)35-47-36-46(39(54)50(23-25-52)40(47)55)20-17-31-61-30-13-9-15-33-63-44(3,4)19-16-21-48-41(56)49(43(58)51(24-26-53)42(48)57)22-18-32-62-29-12-7-10-27-59/h37-38,52-53,59-60H,7-36H2,1-6H3. The van der Waals surface area contributed by atoms with E-state index in [9.17, 15) is 34.2 Å². The lowest BCUT2D eigenvalue weighted by molar-refractivity contribution is 0.0598. The van der Waals surface area contributed by atoms with Crippen molar-refractivity contribution in [3.8, 4) is 0 Å². The van der Waals surface area contributed by atoms with Gasteiger partial charge in [-0.3, -0.25) is 0 Å². The van der Waals surface area contributed by atoms with Crippen molar-refractivity contribution in [3.63, 3.8) is 0 Å². The molecule has 1 aromatic heterocycles. The van der Waals surface area contributed by atoms with Crippen LogP contribution in [0.5, 0.6) is 0 Å². The number of aromatic nitrogens is 3. The smallest absolute Gasteiger partial charge is 0.336 e. The van der Waals surface area contributed by atoms with E-state index in [0.29, 0.717) is 31.8 Å². The molecule has 2 N–H and O–H groups in total. The molecule has 0 aromatic carbocycles. The molecule has 19 heteroatoms. The summed E-state index contributed by atoms with van der Waals surface area (Å²) in [7, 11) is 0. The highest BCUT2D eigenvalue weighted by molar-refractivity contribution is 8.01. The zero-order valence-corrected chi connectivity index (χ0v) is 45.1. The molecule has 0 aliphatic carbocycles. The summed E-state index contributed by atoms with van der Waals surface area (Å²) in [6.07, 6.45) is 13.0. The van der Waals surface area contributed by atoms with E-state index in [4.69, 9.17) is 0 Å². The van der Waals surface area contributed by atoms with Gasteiger partial charge >= 0.3 is 29.1 Å². The summed E-state index contributed by atoms with van der Waals surface area (Å²) in [5.41, 5.74) is -1.86. The number of β-amino-alcohol motifs (C(OH)–C–C–N with tert-alkyl or cyclic N) is 1. The lowest BCUT2D eigenvalue weighted by Crippen LogP contribution is -2.63. The van der Waals surface area contributed by atoms with Crippen LogP contribution in [-0.4, -0.2) is 146 Å². The molecule has 1 aromatic rings. The average Bonchev–Trinajstić information content (AvgIpc) is 3.24. The van der Waals surface area contributed by atoms with E-state index < -0.39 is 17.1 Å². The number of unbranched alkanes of at least 4 members (excludes halogenated alkanes) is 6. The van der Waals surface area contributed by atoms with Crippen molar-refractivity contribution in [3.05, 3.63) is 31.5 Å². The van der Waals surface area contributed by atoms with Crippen molar-refractivity contribution in [1.29, 1.82) is 0 Å². The van der Waals surface area contributed by atoms with Gasteiger partial charge in [-0.1, -0.05) is 60.8 Å². The number of imide groups is 1. The van der Waals surface area contributed by atoms with E-state index in [1.165, 1.54) is 15.9 Å². The maximum atomic E-state index is 13.5. The van der Waals surface area contributed by atoms with Gasteiger partial charge in [0.25, 0.3) is 0 Å². The van der Waals surface area contributed by atoms with Crippen LogP contribution in [0.1, 0.15) is 125 Å². The van der Waals surface area contributed by atoms with E-state index in [-0.39, 0.29) is 73.5 Å². The van der Waals surface area contributed by atoms with Gasteiger partial charge in [0.05, 0.1) is 33.0 Å². The predicted octanol–water partition coefficient (Wildman–Crippen LogP) is 7.97. The van der Waals surface area contributed by atoms with Crippen LogP contribution in [0, 0.1) is 11.8 Å². The van der Waals surface area contributed by atoms with Gasteiger partial charge in [0, 0.05) is 35.7 Å². The number of carbonyl (C=O) groups excluding carboxylic acids is 2. The minimum atomic E-state index is -0.652. The third-order valence-electron chi connectivity index (χ3n) is 11.7. The quantitative estimate of drug-likeness (QED) is 0.0378. The van der Waals surface area contributed by atoms with Crippen molar-refractivity contribution in [2.45, 2.75) is 154 Å². The molecule has 1 fully saturated rings. The largest absolute Gasteiger partial charge is 0.395 e. The molecule has 2 rings (SSSR count). The van der Waals surface area contributed by atoms with Crippen molar-refractivity contribution < 1.29 is 19.8 Å². The Morgan fingerprint density at radius 1 is 0.547 bits per heavy atom. The molecule has 4 amide bonds. The number of carbonyl (C=O) groups is 2. The highest BCUT2D eigenvalue weighted by Gasteiger charge is 2.41. The molecule has 0 bridgehead atoms. The summed E-state index contributed by atoms with van der Waals surface area (Å²) in [6, 6.07) is -0.626. The zero-order chi connectivity index (χ0) is 47.5. The highest BCUT2D eigenvalue weighted by atomic mass is 32.2. The number of rotatable bonds is 38.